The number of benzene rings is 2. The first kappa shape index (κ1) is 16.4. The minimum atomic E-state index is -0.157. The molecule has 0 radical (unpaired) electrons. The summed E-state index contributed by atoms with van der Waals surface area (Å²) in [6.45, 7) is 2.58. The molecule has 2 aromatic carbocycles. The number of H-pyrrole nitrogens is 1. The summed E-state index contributed by atoms with van der Waals surface area (Å²) in [4.78, 5) is 15.6. The van der Waals surface area contributed by atoms with Crippen LogP contribution in [-0.2, 0) is 6.42 Å². The van der Waals surface area contributed by atoms with Crippen molar-refractivity contribution in [2.75, 3.05) is 13.7 Å². The number of rotatable bonds is 5. The number of carbonyl (C=O) groups excluding carboxylic acids is 1. The van der Waals surface area contributed by atoms with Crippen molar-refractivity contribution in [3.05, 3.63) is 64.3 Å². The lowest BCUT2D eigenvalue weighted by atomic mass is 10.1. The number of aryl methyl sites for hydroxylation is 1. The minimum absolute atomic E-state index is 0.157. The highest BCUT2D eigenvalue weighted by Gasteiger charge is 2.12. The van der Waals surface area contributed by atoms with Crippen molar-refractivity contribution < 1.29 is 9.53 Å². The summed E-state index contributed by atoms with van der Waals surface area (Å²) in [6, 6.07) is 13.0. The molecule has 0 atom stereocenters. The van der Waals surface area contributed by atoms with Crippen LogP contribution in [0, 0.1) is 6.92 Å². The molecular weight excluding hydrogens is 324 g/mol. The number of methoxy groups -OCH3 is 1. The van der Waals surface area contributed by atoms with Gasteiger partial charge in [-0.1, -0.05) is 23.7 Å². The van der Waals surface area contributed by atoms with Gasteiger partial charge in [0.2, 0.25) is 0 Å². The summed E-state index contributed by atoms with van der Waals surface area (Å²) in [5, 5.41) is 4.52. The number of aromatic nitrogens is 1. The normalized spacial score (nSPS) is 10.8. The van der Waals surface area contributed by atoms with Gasteiger partial charge in [-0.15, -0.1) is 0 Å². The summed E-state index contributed by atoms with van der Waals surface area (Å²) in [5.74, 6) is 0.665. The Balaban J connectivity index is 1.73. The zero-order valence-electron chi connectivity index (χ0n) is 13.7. The Morgan fingerprint density at radius 3 is 2.79 bits per heavy atom. The average molecular weight is 343 g/mol. The van der Waals surface area contributed by atoms with Crippen molar-refractivity contribution >= 4 is 28.4 Å². The summed E-state index contributed by atoms with van der Waals surface area (Å²) < 4.78 is 5.30. The Morgan fingerprint density at radius 1 is 1.25 bits per heavy atom. The quantitative estimate of drug-likeness (QED) is 0.733. The van der Waals surface area contributed by atoms with Crippen LogP contribution >= 0.6 is 11.6 Å². The van der Waals surface area contributed by atoms with E-state index in [-0.39, 0.29) is 5.91 Å². The maximum absolute atomic E-state index is 12.2. The first-order chi connectivity index (χ1) is 11.6. The molecule has 0 saturated heterocycles. The van der Waals surface area contributed by atoms with E-state index in [2.05, 4.69) is 10.3 Å². The van der Waals surface area contributed by atoms with Crippen LogP contribution in [0.3, 0.4) is 0 Å². The number of hydrogen-bond acceptors (Lipinski definition) is 2. The molecule has 2 N–H and O–H groups in total. The van der Waals surface area contributed by atoms with E-state index in [1.165, 1.54) is 5.56 Å². The predicted octanol–water partition coefficient (Wildman–Crippen LogP) is 4.11. The van der Waals surface area contributed by atoms with Crippen LogP contribution in [0.4, 0.5) is 0 Å². The lowest BCUT2D eigenvalue weighted by Crippen LogP contribution is -2.26. The maximum atomic E-state index is 12.2. The standard InChI is InChI=1S/C19H19ClN2O2/c1-12-14(16-11-13(24-2)7-8-18(16)22-12)9-10-21-19(23)15-5-3-4-6-17(15)20/h3-8,11,22H,9-10H2,1-2H3,(H,21,23). The molecule has 24 heavy (non-hydrogen) atoms. The Bertz CT molecular complexity index is 886. The number of ether oxygens (including phenoxy) is 1. The number of fused-ring (bicyclic) bond motifs is 1. The molecule has 1 amide bonds. The molecule has 0 aliphatic rings. The molecule has 0 saturated carbocycles. The van der Waals surface area contributed by atoms with E-state index in [9.17, 15) is 4.79 Å². The number of amides is 1. The van der Waals surface area contributed by atoms with Crippen molar-refractivity contribution in [1.29, 1.82) is 0 Å². The fourth-order valence-corrected chi connectivity index (χ4v) is 3.07. The molecular formula is C19H19ClN2O2. The molecule has 0 aliphatic carbocycles. The van der Waals surface area contributed by atoms with Crippen LogP contribution in [0.15, 0.2) is 42.5 Å². The van der Waals surface area contributed by atoms with Crippen molar-refractivity contribution in [1.82, 2.24) is 10.3 Å². The monoisotopic (exact) mass is 342 g/mol. The van der Waals surface area contributed by atoms with Gasteiger partial charge in [0.05, 0.1) is 17.7 Å². The molecule has 4 nitrogen and oxygen atoms in total. The van der Waals surface area contributed by atoms with Crippen molar-refractivity contribution in [2.24, 2.45) is 0 Å². The van der Waals surface area contributed by atoms with Crippen LogP contribution in [0.25, 0.3) is 10.9 Å². The third-order valence-electron chi connectivity index (χ3n) is 4.11. The zero-order valence-corrected chi connectivity index (χ0v) is 14.4. The zero-order chi connectivity index (χ0) is 17.1. The van der Waals surface area contributed by atoms with Crippen LogP contribution in [-0.4, -0.2) is 24.5 Å². The van der Waals surface area contributed by atoms with E-state index >= 15 is 0 Å². The summed E-state index contributed by atoms with van der Waals surface area (Å²) in [5.41, 5.74) is 3.85. The molecule has 1 heterocycles. The molecule has 0 spiro atoms. The fraction of sp³-hybridized carbons (Fsp3) is 0.211. The first-order valence-electron chi connectivity index (χ1n) is 7.78. The van der Waals surface area contributed by atoms with Gasteiger partial charge in [0.25, 0.3) is 5.91 Å². The summed E-state index contributed by atoms with van der Waals surface area (Å²) in [6.07, 6.45) is 0.731. The van der Waals surface area contributed by atoms with Crippen molar-refractivity contribution in [3.8, 4) is 5.75 Å². The predicted molar refractivity (Wildman–Crippen MR) is 97.1 cm³/mol. The largest absolute Gasteiger partial charge is 0.497 e. The Kier molecular flexibility index (Phi) is 4.76. The van der Waals surface area contributed by atoms with E-state index in [1.807, 2.05) is 31.2 Å². The van der Waals surface area contributed by atoms with Gasteiger partial charge >= 0.3 is 0 Å². The van der Waals surface area contributed by atoms with Gasteiger partial charge in [0.1, 0.15) is 5.75 Å². The number of halogens is 1. The van der Waals surface area contributed by atoms with Gasteiger partial charge in [-0.25, -0.2) is 0 Å². The number of aromatic amines is 1. The van der Waals surface area contributed by atoms with Crippen LogP contribution in [0.1, 0.15) is 21.6 Å². The SMILES string of the molecule is COc1ccc2[nH]c(C)c(CCNC(=O)c3ccccc3Cl)c2c1. The topological polar surface area (TPSA) is 54.1 Å². The lowest BCUT2D eigenvalue weighted by Gasteiger charge is -2.07. The third-order valence-corrected chi connectivity index (χ3v) is 4.44. The Labute approximate surface area is 145 Å². The number of carbonyl (C=O) groups is 1. The highest BCUT2D eigenvalue weighted by atomic mass is 35.5. The second-order valence-corrected chi connectivity index (χ2v) is 6.03. The lowest BCUT2D eigenvalue weighted by molar-refractivity contribution is 0.0954. The molecule has 1 aromatic heterocycles. The smallest absolute Gasteiger partial charge is 0.252 e. The molecule has 0 fully saturated rings. The number of hydrogen-bond donors (Lipinski definition) is 2. The molecule has 0 unspecified atom stereocenters. The third kappa shape index (κ3) is 3.24. The first-order valence-corrected chi connectivity index (χ1v) is 8.16. The van der Waals surface area contributed by atoms with Crippen LogP contribution < -0.4 is 10.1 Å². The molecule has 5 heteroatoms. The minimum Gasteiger partial charge on any atom is -0.497 e. The van der Waals surface area contributed by atoms with Gasteiger partial charge in [-0.3, -0.25) is 4.79 Å². The van der Waals surface area contributed by atoms with E-state index in [1.54, 1.807) is 25.3 Å². The van der Waals surface area contributed by atoms with Crippen LogP contribution in [0.2, 0.25) is 5.02 Å². The molecule has 0 bridgehead atoms. The van der Waals surface area contributed by atoms with Crippen LogP contribution in [0.5, 0.6) is 5.75 Å². The highest BCUT2D eigenvalue weighted by molar-refractivity contribution is 6.33. The van der Waals surface area contributed by atoms with E-state index < -0.39 is 0 Å². The molecule has 0 aliphatic heterocycles. The van der Waals surface area contributed by atoms with Crippen molar-refractivity contribution in [2.45, 2.75) is 13.3 Å². The van der Waals surface area contributed by atoms with Gasteiger partial charge in [0, 0.05) is 23.1 Å². The Hall–Kier alpha value is -2.46. The Morgan fingerprint density at radius 2 is 2.04 bits per heavy atom. The summed E-state index contributed by atoms with van der Waals surface area (Å²) >= 11 is 6.05. The summed E-state index contributed by atoms with van der Waals surface area (Å²) in [7, 11) is 1.66. The van der Waals surface area contributed by atoms with Gasteiger partial charge in [-0.05, 0) is 49.2 Å². The molecule has 3 rings (SSSR count). The molecule has 3 aromatic rings. The average Bonchev–Trinajstić information content (AvgIpc) is 2.90. The second-order valence-electron chi connectivity index (χ2n) is 5.63. The second kappa shape index (κ2) is 6.97. The van der Waals surface area contributed by atoms with E-state index in [0.717, 1.165) is 28.8 Å². The maximum Gasteiger partial charge on any atom is 0.252 e. The van der Waals surface area contributed by atoms with Crippen molar-refractivity contribution in [3.63, 3.8) is 0 Å². The van der Waals surface area contributed by atoms with E-state index in [0.29, 0.717) is 17.1 Å². The highest BCUT2D eigenvalue weighted by Crippen LogP contribution is 2.26. The van der Waals surface area contributed by atoms with Gasteiger partial charge in [-0.2, -0.15) is 0 Å². The van der Waals surface area contributed by atoms with Gasteiger partial charge in [0.15, 0.2) is 0 Å². The van der Waals surface area contributed by atoms with Gasteiger partial charge < -0.3 is 15.0 Å². The molecule has 124 valence electrons. The number of nitrogens with one attached hydrogen (secondary N) is 2. The van der Waals surface area contributed by atoms with E-state index in [4.69, 9.17) is 16.3 Å². The fourth-order valence-electron chi connectivity index (χ4n) is 2.85.